The van der Waals surface area contributed by atoms with Crippen molar-refractivity contribution in [3.63, 3.8) is 0 Å². The number of amides is 1. The SMILES string of the molecule is Cn1ccnc1COc1ccc(C(=O)NCC2CCCCC2)cc1. The van der Waals surface area contributed by atoms with E-state index >= 15 is 0 Å². The second-order valence-corrected chi connectivity index (χ2v) is 6.48. The van der Waals surface area contributed by atoms with Crippen LogP contribution in [-0.2, 0) is 13.7 Å². The molecule has 1 aliphatic carbocycles. The van der Waals surface area contributed by atoms with Gasteiger partial charge < -0.3 is 14.6 Å². The number of hydrogen-bond donors (Lipinski definition) is 1. The highest BCUT2D eigenvalue weighted by Crippen LogP contribution is 2.23. The van der Waals surface area contributed by atoms with E-state index in [1.807, 2.05) is 42.1 Å². The van der Waals surface area contributed by atoms with Crippen molar-refractivity contribution in [2.75, 3.05) is 6.54 Å². The summed E-state index contributed by atoms with van der Waals surface area (Å²) in [5, 5.41) is 3.06. The van der Waals surface area contributed by atoms with Gasteiger partial charge in [-0.05, 0) is 43.0 Å². The van der Waals surface area contributed by atoms with Crippen molar-refractivity contribution in [2.45, 2.75) is 38.7 Å². The van der Waals surface area contributed by atoms with Crippen molar-refractivity contribution >= 4 is 5.91 Å². The molecule has 0 atom stereocenters. The Kier molecular flexibility index (Phi) is 5.51. The lowest BCUT2D eigenvalue weighted by Crippen LogP contribution is -2.30. The summed E-state index contributed by atoms with van der Waals surface area (Å²) in [6, 6.07) is 7.28. The van der Waals surface area contributed by atoms with Crippen molar-refractivity contribution in [3.05, 3.63) is 48.0 Å². The molecule has 0 spiro atoms. The van der Waals surface area contributed by atoms with Crippen LogP contribution in [0.15, 0.2) is 36.7 Å². The van der Waals surface area contributed by atoms with Crippen molar-refractivity contribution in [3.8, 4) is 5.75 Å². The highest BCUT2D eigenvalue weighted by atomic mass is 16.5. The highest BCUT2D eigenvalue weighted by molar-refractivity contribution is 5.94. The molecule has 0 radical (unpaired) electrons. The zero-order chi connectivity index (χ0) is 16.8. The molecule has 0 unspecified atom stereocenters. The molecular weight excluding hydrogens is 302 g/mol. The predicted octanol–water partition coefficient (Wildman–Crippen LogP) is 3.31. The molecular formula is C19H25N3O2. The number of imidazole rings is 1. The third-order valence-electron chi connectivity index (χ3n) is 4.68. The van der Waals surface area contributed by atoms with E-state index in [9.17, 15) is 4.79 Å². The van der Waals surface area contributed by atoms with Gasteiger partial charge in [-0.3, -0.25) is 4.79 Å². The lowest BCUT2D eigenvalue weighted by atomic mass is 9.89. The van der Waals surface area contributed by atoms with E-state index in [0.29, 0.717) is 18.1 Å². The maximum absolute atomic E-state index is 12.2. The van der Waals surface area contributed by atoms with Crippen LogP contribution < -0.4 is 10.1 Å². The number of benzene rings is 1. The minimum Gasteiger partial charge on any atom is -0.486 e. The van der Waals surface area contributed by atoms with Crippen LogP contribution in [-0.4, -0.2) is 22.0 Å². The normalized spacial score (nSPS) is 15.2. The smallest absolute Gasteiger partial charge is 0.251 e. The van der Waals surface area contributed by atoms with Crippen LogP contribution in [0.3, 0.4) is 0 Å². The number of nitrogens with one attached hydrogen (secondary N) is 1. The molecule has 1 aromatic heterocycles. The molecule has 1 N–H and O–H groups in total. The number of aromatic nitrogens is 2. The topological polar surface area (TPSA) is 56.2 Å². The van der Waals surface area contributed by atoms with Gasteiger partial charge in [-0.25, -0.2) is 4.98 Å². The Morgan fingerprint density at radius 1 is 1.25 bits per heavy atom. The van der Waals surface area contributed by atoms with E-state index in [1.165, 1.54) is 32.1 Å². The maximum Gasteiger partial charge on any atom is 0.251 e. The minimum atomic E-state index is -0.00350. The maximum atomic E-state index is 12.2. The standard InChI is InChI=1S/C19H25N3O2/c1-22-12-11-20-18(22)14-24-17-9-7-16(8-10-17)19(23)21-13-15-5-3-2-4-6-15/h7-12,15H,2-6,13-14H2,1H3,(H,21,23). The highest BCUT2D eigenvalue weighted by Gasteiger charge is 2.14. The van der Waals surface area contributed by atoms with E-state index in [2.05, 4.69) is 10.3 Å². The first kappa shape index (κ1) is 16.6. The van der Waals surface area contributed by atoms with Crippen molar-refractivity contribution in [2.24, 2.45) is 13.0 Å². The summed E-state index contributed by atoms with van der Waals surface area (Å²) in [4.78, 5) is 16.4. The molecule has 0 aliphatic heterocycles. The van der Waals surface area contributed by atoms with Gasteiger partial charge in [-0.2, -0.15) is 0 Å². The number of nitrogens with zero attached hydrogens (tertiary/aromatic N) is 2. The summed E-state index contributed by atoms with van der Waals surface area (Å²) in [5.41, 5.74) is 0.676. The number of carbonyl (C=O) groups is 1. The second kappa shape index (κ2) is 7.99. The van der Waals surface area contributed by atoms with Crippen LogP contribution in [0.2, 0.25) is 0 Å². The fraction of sp³-hybridized carbons (Fsp3) is 0.474. The molecule has 3 rings (SSSR count). The molecule has 1 aromatic carbocycles. The monoisotopic (exact) mass is 327 g/mol. The molecule has 5 heteroatoms. The van der Waals surface area contributed by atoms with Crippen LogP contribution in [0, 0.1) is 5.92 Å². The Balaban J connectivity index is 1.48. The summed E-state index contributed by atoms with van der Waals surface area (Å²) in [5.74, 6) is 2.24. The van der Waals surface area contributed by atoms with Gasteiger partial charge in [0, 0.05) is 31.5 Å². The Morgan fingerprint density at radius 2 is 2.00 bits per heavy atom. The first-order valence-electron chi connectivity index (χ1n) is 8.69. The lowest BCUT2D eigenvalue weighted by molar-refractivity contribution is 0.0943. The van der Waals surface area contributed by atoms with Gasteiger partial charge in [-0.1, -0.05) is 19.3 Å². The summed E-state index contributed by atoms with van der Waals surface area (Å²) in [6.45, 7) is 1.20. The summed E-state index contributed by atoms with van der Waals surface area (Å²) in [6.07, 6.45) is 10.0. The molecule has 1 saturated carbocycles. The fourth-order valence-electron chi connectivity index (χ4n) is 3.12. The quantitative estimate of drug-likeness (QED) is 0.885. The molecule has 1 heterocycles. The van der Waals surface area contributed by atoms with E-state index in [0.717, 1.165) is 18.1 Å². The molecule has 0 bridgehead atoms. The van der Waals surface area contributed by atoms with Gasteiger partial charge in [0.05, 0.1) is 0 Å². The number of carbonyl (C=O) groups excluding carboxylic acids is 1. The van der Waals surface area contributed by atoms with E-state index in [-0.39, 0.29) is 5.91 Å². The van der Waals surface area contributed by atoms with Crippen molar-refractivity contribution < 1.29 is 9.53 Å². The molecule has 24 heavy (non-hydrogen) atoms. The Bertz CT molecular complexity index is 658. The zero-order valence-corrected chi connectivity index (χ0v) is 14.2. The van der Waals surface area contributed by atoms with Gasteiger partial charge >= 0.3 is 0 Å². The average Bonchev–Trinajstić information content (AvgIpc) is 3.04. The van der Waals surface area contributed by atoms with Gasteiger partial charge in [0.15, 0.2) is 0 Å². The van der Waals surface area contributed by atoms with Gasteiger partial charge in [0.2, 0.25) is 0 Å². The average molecular weight is 327 g/mol. The lowest BCUT2D eigenvalue weighted by Gasteiger charge is -2.21. The van der Waals surface area contributed by atoms with Crippen molar-refractivity contribution in [1.29, 1.82) is 0 Å². The number of rotatable bonds is 6. The Labute approximate surface area is 143 Å². The van der Waals surface area contributed by atoms with Gasteiger partial charge in [-0.15, -0.1) is 0 Å². The van der Waals surface area contributed by atoms with E-state index in [1.54, 1.807) is 6.20 Å². The molecule has 128 valence electrons. The number of hydrogen-bond acceptors (Lipinski definition) is 3. The molecule has 5 nitrogen and oxygen atoms in total. The van der Waals surface area contributed by atoms with Gasteiger partial charge in [0.1, 0.15) is 18.2 Å². The predicted molar refractivity (Wildman–Crippen MR) is 92.9 cm³/mol. The fourth-order valence-corrected chi connectivity index (χ4v) is 3.12. The van der Waals surface area contributed by atoms with Crippen LogP contribution in [0.25, 0.3) is 0 Å². The molecule has 1 fully saturated rings. The molecule has 1 aliphatic rings. The Morgan fingerprint density at radius 3 is 2.67 bits per heavy atom. The third-order valence-corrected chi connectivity index (χ3v) is 4.68. The molecule has 1 amide bonds. The van der Waals surface area contributed by atoms with E-state index in [4.69, 9.17) is 4.74 Å². The van der Waals surface area contributed by atoms with Crippen LogP contribution >= 0.6 is 0 Å². The molecule has 0 saturated heterocycles. The summed E-state index contributed by atoms with van der Waals surface area (Å²) >= 11 is 0. The summed E-state index contributed by atoms with van der Waals surface area (Å²) < 4.78 is 7.63. The first-order chi connectivity index (χ1) is 11.7. The largest absolute Gasteiger partial charge is 0.486 e. The second-order valence-electron chi connectivity index (χ2n) is 6.48. The number of aryl methyl sites for hydroxylation is 1. The van der Waals surface area contributed by atoms with E-state index < -0.39 is 0 Å². The third kappa shape index (κ3) is 4.37. The van der Waals surface area contributed by atoms with Crippen LogP contribution in [0.5, 0.6) is 5.75 Å². The summed E-state index contributed by atoms with van der Waals surface area (Å²) in [7, 11) is 1.94. The zero-order valence-electron chi connectivity index (χ0n) is 14.2. The van der Waals surface area contributed by atoms with Crippen LogP contribution in [0.1, 0.15) is 48.3 Å². The van der Waals surface area contributed by atoms with Gasteiger partial charge in [0.25, 0.3) is 5.91 Å². The van der Waals surface area contributed by atoms with Crippen LogP contribution in [0.4, 0.5) is 0 Å². The first-order valence-corrected chi connectivity index (χ1v) is 8.69. The van der Waals surface area contributed by atoms with Crippen molar-refractivity contribution in [1.82, 2.24) is 14.9 Å². The Hall–Kier alpha value is -2.30. The molecule has 2 aromatic rings. The number of ether oxygens (including phenoxy) is 1. The minimum absolute atomic E-state index is 0.00350.